The Morgan fingerprint density at radius 3 is 3.13 bits per heavy atom. The van der Waals surface area contributed by atoms with Gasteiger partial charge in [-0.25, -0.2) is 4.98 Å². The number of nitrogens with one attached hydrogen (secondary N) is 1. The summed E-state index contributed by atoms with van der Waals surface area (Å²) in [5.41, 5.74) is 1.02. The molecular weight excluding hydrogens is 256 g/mol. The van der Waals surface area contributed by atoms with Crippen molar-refractivity contribution in [2.24, 2.45) is 0 Å². The first-order valence-corrected chi connectivity index (χ1v) is 5.80. The van der Waals surface area contributed by atoms with Gasteiger partial charge in [-0.15, -0.1) is 0 Å². The molecule has 1 aromatic heterocycles. The highest BCUT2D eigenvalue weighted by molar-refractivity contribution is 9.10. The Balaban J connectivity index is 1.82. The molecule has 1 atom stereocenters. The van der Waals surface area contributed by atoms with E-state index in [1.807, 2.05) is 18.3 Å². The van der Waals surface area contributed by atoms with E-state index in [2.05, 4.69) is 32.3 Å². The minimum atomic E-state index is 0.277. The summed E-state index contributed by atoms with van der Waals surface area (Å²) in [6.45, 7) is 0.827. The Hall–Kier alpha value is -1.03. The van der Waals surface area contributed by atoms with Crippen molar-refractivity contribution in [3.8, 4) is 0 Å². The second-order valence-corrected chi connectivity index (χ2v) is 4.27. The largest absolute Gasteiger partial charge is 0.497 e. The van der Waals surface area contributed by atoms with E-state index in [4.69, 9.17) is 4.74 Å². The number of nitrogens with zero attached hydrogens (tertiary/aromatic N) is 1. The van der Waals surface area contributed by atoms with Crippen molar-refractivity contribution >= 4 is 21.6 Å². The number of allylic oxidation sites excluding steroid dienone is 1. The molecule has 1 unspecified atom stereocenters. The fourth-order valence-corrected chi connectivity index (χ4v) is 1.68. The number of hydrogen-bond acceptors (Lipinski definition) is 3. The van der Waals surface area contributed by atoms with E-state index in [9.17, 15) is 0 Å². The van der Waals surface area contributed by atoms with Gasteiger partial charge in [0.25, 0.3) is 0 Å². The van der Waals surface area contributed by atoms with Crippen LogP contribution < -0.4 is 5.32 Å². The van der Waals surface area contributed by atoms with Gasteiger partial charge < -0.3 is 10.1 Å². The lowest BCUT2D eigenvalue weighted by Crippen LogP contribution is -2.22. The van der Waals surface area contributed by atoms with Crippen molar-refractivity contribution in [3.05, 3.63) is 35.3 Å². The molecule has 0 saturated carbocycles. The summed E-state index contributed by atoms with van der Waals surface area (Å²) in [6.07, 6.45) is 8.10. The number of ether oxygens (including phenoxy) is 1. The molecule has 0 bridgehead atoms. The molecule has 0 radical (unpaired) electrons. The third-order valence-corrected chi connectivity index (χ3v) is 2.75. The second-order valence-electron chi connectivity index (χ2n) is 3.46. The molecule has 2 rings (SSSR count). The molecule has 2 heterocycles. The zero-order valence-corrected chi connectivity index (χ0v) is 9.90. The van der Waals surface area contributed by atoms with Gasteiger partial charge in [0.2, 0.25) is 0 Å². The van der Waals surface area contributed by atoms with Crippen LogP contribution in [0.3, 0.4) is 0 Å². The quantitative estimate of drug-likeness (QED) is 0.856. The van der Waals surface area contributed by atoms with Crippen LogP contribution in [0.5, 0.6) is 0 Å². The molecule has 1 aliphatic rings. The molecule has 0 fully saturated rings. The van der Waals surface area contributed by atoms with Gasteiger partial charge >= 0.3 is 0 Å². The summed E-state index contributed by atoms with van der Waals surface area (Å²) in [6, 6.07) is 3.92. The van der Waals surface area contributed by atoms with E-state index in [0.717, 1.165) is 29.7 Å². The van der Waals surface area contributed by atoms with Crippen molar-refractivity contribution < 1.29 is 4.74 Å². The molecule has 15 heavy (non-hydrogen) atoms. The zero-order valence-electron chi connectivity index (χ0n) is 8.32. The smallest absolute Gasteiger partial charge is 0.115 e. The predicted octanol–water partition coefficient (Wildman–Crippen LogP) is 2.95. The minimum absolute atomic E-state index is 0.277. The monoisotopic (exact) mass is 268 g/mol. The maximum Gasteiger partial charge on any atom is 0.115 e. The van der Waals surface area contributed by atoms with Gasteiger partial charge in [0.1, 0.15) is 10.7 Å². The first kappa shape index (κ1) is 10.5. The highest BCUT2D eigenvalue weighted by Crippen LogP contribution is 2.13. The van der Waals surface area contributed by atoms with Crippen LogP contribution >= 0.6 is 15.9 Å². The van der Waals surface area contributed by atoms with Crippen molar-refractivity contribution in [1.29, 1.82) is 0 Å². The van der Waals surface area contributed by atoms with Gasteiger partial charge in [-0.2, -0.15) is 0 Å². The van der Waals surface area contributed by atoms with E-state index in [1.54, 1.807) is 6.26 Å². The molecule has 0 spiro atoms. The van der Waals surface area contributed by atoms with E-state index < -0.39 is 0 Å². The summed E-state index contributed by atoms with van der Waals surface area (Å²) < 4.78 is 6.30. The van der Waals surface area contributed by atoms with Crippen LogP contribution in [-0.2, 0) is 4.74 Å². The van der Waals surface area contributed by atoms with E-state index in [-0.39, 0.29) is 6.10 Å². The highest BCUT2D eigenvalue weighted by atomic mass is 79.9. The number of halogens is 1. The lowest BCUT2D eigenvalue weighted by Gasteiger charge is -2.20. The second kappa shape index (κ2) is 5.16. The molecule has 0 aromatic carbocycles. The molecule has 1 N–H and O–H groups in total. The minimum Gasteiger partial charge on any atom is -0.497 e. The predicted molar refractivity (Wildman–Crippen MR) is 63.7 cm³/mol. The van der Waals surface area contributed by atoms with Crippen LogP contribution in [0, 0.1) is 0 Å². The van der Waals surface area contributed by atoms with Crippen LogP contribution in [0.25, 0.3) is 0 Å². The van der Waals surface area contributed by atoms with Gasteiger partial charge in [0.15, 0.2) is 0 Å². The van der Waals surface area contributed by atoms with Crippen LogP contribution in [-0.4, -0.2) is 17.6 Å². The lowest BCUT2D eigenvalue weighted by molar-refractivity contribution is 0.135. The SMILES string of the molecule is Brc1ccc(NCC2CCC=CO2)cn1. The Morgan fingerprint density at radius 1 is 1.53 bits per heavy atom. The lowest BCUT2D eigenvalue weighted by atomic mass is 10.1. The van der Waals surface area contributed by atoms with Gasteiger partial charge in [-0.05, 0) is 47.0 Å². The molecule has 1 aromatic rings. The van der Waals surface area contributed by atoms with E-state index >= 15 is 0 Å². The van der Waals surface area contributed by atoms with Gasteiger partial charge in [-0.1, -0.05) is 0 Å². The van der Waals surface area contributed by atoms with Crippen molar-refractivity contribution in [2.75, 3.05) is 11.9 Å². The first-order chi connectivity index (χ1) is 7.34. The van der Waals surface area contributed by atoms with Crippen LogP contribution in [0.1, 0.15) is 12.8 Å². The molecule has 80 valence electrons. The average molecular weight is 269 g/mol. The van der Waals surface area contributed by atoms with E-state index in [1.165, 1.54) is 0 Å². The number of anilines is 1. The number of hydrogen-bond donors (Lipinski definition) is 1. The molecule has 0 aliphatic carbocycles. The molecular formula is C11H13BrN2O. The van der Waals surface area contributed by atoms with Crippen LogP contribution in [0.4, 0.5) is 5.69 Å². The Kier molecular flexibility index (Phi) is 3.61. The topological polar surface area (TPSA) is 34.1 Å². The van der Waals surface area contributed by atoms with Gasteiger partial charge in [0.05, 0.1) is 24.7 Å². The molecule has 4 heteroatoms. The fraction of sp³-hybridized carbons (Fsp3) is 0.364. The summed E-state index contributed by atoms with van der Waals surface area (Å²) >= 11 is 3.30. The number of aromatic nitrogens is 1. The van der Waals surface area contributed by atoms with Crippen LogP contribution in [0.2, 0.25) is 0 Å². The standard InChI is InChI=1S/C11H13BrN2O/c12-11-5-4-9(7-14-11)13-8-10-3-1-2-6-15-10/h2,4-7,10,13H,1,3,8H2. The van der Waals surface area contributed by atoms with Gasteiger partial charge in [0, 0.05) is 0 Å². The third-order valence-electron chi connectivity index (χ3n) is 2.28. The molecule has 0 saturated heterocycles. The van der Waals surface area contributed by atoms with Gasteiger partial charge in [-0.3, -0.25) is 0 Å². The highest BCUT2D eigenvalue weighted by Gasteiger charge is 2.09. The van der Waals surface area contributed by atoms with E-state index in [0.29, 0.717) is 0 Å². The summed E-state index contributed by atoms with van der Waals surface area (Å²) in [4.78, 5) is 4.14. The Morgan fingerprint density at radius 2 is 2.47 bits per heavy atom. The third kappa shape index (κ3) is 3.23. The maximum absolute atomic E-state index is 5.45. The number of pyridine rings is 1. The Bertz CT molecular complexity index is 337. The molecule has 1 aliphatic heterocycles. The first-order valence-electron chi connectivity index (χ1n) is 5.00. The Labute approximate surface area is 97.7 Å². The van der Waals surface area contributed by atoms with Crippen molar-refractivity contribution in [2.45, 2.75) is 18.9 Å². The fourth-order valence-electron chi connectivity index (χ4n) is 1.45. The summed E-state index contributed by atoms with van der Waals surface area (Å²) in [5.74, 6) is 0. The summed E-state index contributed by atoms with van der Waals surface area (Å²) in [5, 5.41) is 3.30. The summed E-state index contributed by atoms with van der Waals surface area (Å²) in [7, 11) is 0. The number of rotatable bonds is 3. The van der Waals surface area contributed by atoms with Crippen molar-refractivity contribution in [1.82, 2.24) is 4.98 Å². The molecule has 0 amide bonds. The maximum atomic E-state index is 5.45. The zero-order chi connectivity index (χ0) is 10.5. The molecule has 3 nitrogen and oxygen atoms in total. The van der Waals surface area contributed by atoms with Crippen LogP contribution in [0.15, 0.2) is 35.3 Å². The normalized spacial score (nSPS) is 19.7. The van der Waals surface area contributed by atoms with Crippen molar-refractivity contribution in [3.63, 3.8) is 0 Å². The average Bonchev–Trinajstić information content (AvgIpc) is 2.30.